The van der Waals surface area contributed by atoms with E-state index in [4.69, 9.17) is 36.6 Å². The van der Waals surface area contributed by atoms with Crippen LogP contribution in [0.15, 0.2) is 30.3 Å². The number of nitrogens with zero attached hydrogens (tertiary/aromatic N) is 3. The average Bonchev–Trinajstić information content (AvgIpc) is 3.27. The Hall–Kier alpha value is -2.62. The van der Waals surface area contributed by atoms with Gasteiger partial charge in [-0.25, -0.2) is 8.96 Å². The summed E-state index contributed by atoms with van der Waals surface area (Å²) in [4.78, 5) is 17.7. The first-order valence-electron chi connectivity index (χ1n) is 10.5. The third kappa shape index (κ3) is 7.21. The van der Waals surface area contributed by atoms with Crippen LogP contribution in [0.2, 0.25) is 5.02 Å². The average molecular weight is 557 g/mol. The molecular formula is C22H23ClFN4O6PS. The smallest absolute Gasteiger partial charge is 0.469 e. The molecule has 36 heavy (non-hydrogen) atoms. The Kier molecular flexibility index (Phi) is 9.03. The Balaban J connectivity index is 1.78. The summed E-state index contributed by atoms with van der Waals surface area (Å²) in [6.45, 7) is 4.80. The van der Waals surface area contributed by atoms with E-state index < -0.39 is 25.8 Å². The monoisotopic (exact) mass is 556 g/mol. The fourth-order valence-corrected chi connectivity index (χ4v) is 4.73. The van der Waals surface area contributed by atoms with Crippen LogP contribution in [0.1, 0.15) is 26.3 Å². The first-order chi connectivity index (χ1) is 16.9. The summed E-state index contributed by atoms with van der Waals surface area (Å²) in [6.07, 6.45) is -1.14. The van der Waals surface area contributed by atoms with Gasteiger partial charge in [-0.2, -0.15) is 5.26 Å². The molecule has 2 aromatic carbocycles. The number of rotatable bonds is 10. The van der Waals surface area contributed by atoms with E-state index in [1.165, 1.54) is 13.0 Å². The molecule has 3 rings (SSSR count). The number of nitrogens with two attached hydrogens (primary N) is 1. The minimum absolute atomic E-state index is 0.0905. The molecule has 0 fully saturated rings. The van der Waals surface area contributed by atoms with Crippen molar-refractivity contribution in [2.24, 2.45) is 5.73 Å². The van der Waals surface area contributed by atoms with E-state index in [1.807, 2.05) is 13.8 Å². The van der Waals surface area contributed by atoms with Crippen LogP contribution < -0.4 is 15.2 Å². The number of nitriles is 1. The minimum Gasteiger partial charge on any atom is -0.490 e. The molecule has 0 amide bonds. The van der Waals surface area contributed by atoms with Crippen LogP contribution in [0.3, 0.4) is 0 Å². The second kappa shape index (κ2) is 11.6. The molecular weight excluding hydrogens is 534 g/mol. The Labute approximate surface area is 215 Å². The van der Waals surface area contributed by atoms with Gasteiger partial charge in [-0.15, -0.1) is 10.2 Å². The van der Waals surface area contributed by atoms with Crippen molar-refractivity contribution in [3.63, 3.8) is 0 Å². The van der Waals surface area contributed by atoms with Crippen LogP contribution in [-0.2, 0) is 9.09 Å². The zero-order valence-corrected chi connectivity index (χ0v) is 21.9. The van der Waals surface area contributed by atoms with E-state index in [0.717, 1.165) is 17.4 Å². The number of hydrogen-bond donors (Lipinski definition) is 3. The number of benzene rings is 2. The van der Waals surface area contributed by atoms with Gasteiger partial charge in [0.25, 0.3) is 0 Å². The number of phosphoric acid groups is 1. The zero-order chi connectivity index (χ0) is 26.6. The van der Waals surface area contributed by atoms with Crippen LogP contribution in [0, 0.1) is 17.1 Å². The topological polar surface area (TPSA) is 161 Å². The highest BCUT2D eigenvalue weighted by molar-refractivity contribution is 7.46. The van der Waals surface area contributed by atoms with E-state index >= 15 is 0 Å². The highest BCUT2D eigenvalue weighted by atomic mass is 35.5. The molecule has 0 spiro atoms. The number of hydrogen-bond acceptors (Lipinski definition) is 9. The first-order valence-corrected chi connectivity index (χ1v) is 13.3. The molecule has 4 N–H and O–H groups in total. The lowest BCUT2D eigenvalue weighted by atomic mass is 10.1. The third-order valence-electron chi connectivity index (χ3n) is 4.72. The predicted molar refractivity (Wildman–Crippen MR) is 132 cm³/mol. The van der Waals surface area contributed by atoms with Crippen LogP contribution in [-0.4, -0.2) is 44.8 Å². The van der Waals surface area contributed by atoms with Gasteiger partial charge in [0.2, 0.25) is 0 Å². The van der Waals surface area contributed by atoms with Crippen molar-refractivity contribution < 1.29 is 32.7 Å². The van der Waals surface area contributed by atoms with Gasteiger partial charge in [0.1, 0.15) is 28.4 Å². The molecule has 1 heterocycles. The second-order valence-corrected chi connectivity index (χ2v) is 10.5. The fraction of sp³-hybridized carbons (Fsp3) is 0.318. The second-order valence-electron chi connectivity index (χ2n) is 7.94. The molecule has 0 aliphatic rings. The first kappa shape index (κ1) is 28.0. The van der Waals surface area contributed by atoms with E-state index in [9.17, 15) is 14.2 Å². The molecule has 0 saturated heterocycles. The summed E-state index contributed by atoms with van der Waals surface area (Å²) in [5.74, 6) is -0.486. The van der Waals surface area contributed by atoms with Crippen molar-refractivity contribution in [3.8, 4) is 38.7 Å². The molecule has 0 aliphatic heterocycles. The summed E-state index contributed by atoms with van der Waals surface area (Å²) in [6, 6.07) is 8.62. The maximum absolute atomic E-state index is 14.7. The fourth-order valence-electron chi connectivity index (χ4n) is 2.98. The molecule has 10 nitrogen and oxygen atoms in total. The summed E-state index contributed by atoms with van der Waals surface area (Å²) >= 11 is 7.51. The largest absolute Gasteiger partial charge is 0.490 e. The maximum atomic E-state index is 14.7. The van der Waals surface area contributed by atoms with Gasteiger partial charge < -0.3 is 25.0 Å². The summed E-state index contributed by atoms with van der Waals surface area (Å²) in [5.41, 5.74) is 7.08. The van der Waals surface area contributed by atoms with Crippen LogP contribution >= 0.6 is 30.8 Å². The minimum atomic E-state index is -4.73. The van der Waals surface area contributed by atoms with Crippen LogP contribution in [0.25, 0.3) is 21.1 Å². The van der Waals surface area contributed by atoms with Crippen molar-refractivity contribution in [3.05, 3.63) is 46.7 Å². The van der Waals surface area contributed by atoms with Crippen molar-refractivity contribution >= 4 is 30.8 Å². The van der Waals surface area contributed by atoms with Crippen molar-refractivity contribution in [1.29, 1.82) is 5.26 Å². The SMILES string of the molecule is CC(C)Oc1ccc(-c2nnc(-c3cc(F)c(OCC(N)C(C)OP(=O)(O)O)cc3Cl)s2)cc1C#N. The Morgan fingerprint density at radius 3 is 2.53 bits per heavy atom. The van der Waals surface area contributed by atoms with E-state index in [-0.39, 0.29) is 29.0 Å². The van der Waals surface area contributed by atoms with E-state index in [1.54, 1.807) is 18.2 Å². The van der Waals surface area contributed by atoms with Gasteiger partial charge in [0.05, 0.1) is 28.8 Å². The maximum Gasteiger partial charge on any atom is 0.469 e. The quantitative estimate of drug-likeness (QED) is 0.303. The molecule has 1 aromatic heterocycles. The molecule has 0 bridgehead atoms. The highest BCUT2D eigenvalue weighted by Gasteiger charge is 2.25. The van der Waals surface area contributed by atoms with E-state index in [0.29, 0.717) is 26.9 Å². The van der Waals surface area contributed by atoms with Crippen LogP contribution in [0.4, 0.5) is 4.39 Å². The molecule has 2 unspecified atom stereocenters. The third-order valence-corrected chi connectivity index (χ3v) is 6.65. The van der Waals surface area contributed by atoms with Gasteiger partial charge >= 0.3 is 7.82 Å². The molecule has 0 radical (unpaired) electrons. The summed E-state index contributed by atoms with van der Waals surface area (Å²) in [7, 11) is -4.73. The van der Waals surface area contributed by atoms with Crippen molar-refractivity contribution in [2.45, 2.75) is 39.0 Å². The lowest BCUT2D eigenvalue weighted by Gasteiger charge is -2.21. The molecule has 0 aliphatic carbocycles. The van der Waals surface area contributed by atoms with Crippen LogP contribution in [0.5, 0.6) is 11.5 Å². The zero-order valence-electron chi connectivity index (χ0n) is 19.4. The van der Waals surface area contributed by atoms with Gasteiger partial charge in [-0.1, -0.05) is 22.9 Å². The predicted octanol–water partition coefficient (Wildman–Crippen LogP) is 4.53. The molecule has 192 valence electrons. The summed E-state index contributed by atoms with van der Waals surface area (Å²) < 4.78 is 41.2. The molecule has 0 saturated carbocycles. The van der Waals surface area contributed by atoms with E-state index in [2.05, 4.69) is 20.8 Å². The lowest BCUT2D eigenvalue weighted by Crippen LogP contribution is -2.39. The standard InChI is InChI=1S/C22H23ClFN4O6PS/c1-11(2)33-19-5-4-13(6-14(19)9-25)21-27-28-22(36-21)15-7-17(24)20(8-16(15)23)32-10-18(26)12(3)34-35(29,30)31/h4-8,11-12,18H,10,26H2,1-3H3,(H2,29,30,31). The van der Waals surface area contributed by atoms with Gasteiger partial charge in [0.15, 0.2) is 11.6 Å². The number of ether oxygens (including phenoxy) is 2. The number of aromatic nitrogens is 2. The number of halogens is 2. The molecule has 2 atom stereocenters. The summed E-state index contributed by atoms with van der Waals surface area (Å²) in [5, 5.41) is 18.7. The Morgan fingerprint density at radius 2 is 1.89 bits per heavy atom. The van der Waals surface area contributed by atoms with Gasteiger partial charge in [-0.05, 0) is 45.0 Å². The Bertz CT molecular complexity index is 1330. The van der Waals surface area contributed by atoms with Crippen molar-refractivity contribution in [1.82, 2.24) is 10.2 Å². The molecule has 14 heteroatoms. The lowest BCUT2D eigenvalue weighted by molar-refractivity contribution is 0.106. The van der Waals surface area contributed by atoms with Gasteiger partial charge in [-0.3, -0.25) is 4.52 Å². The molecule has 3 aromatic rings. The van der Waals surface area contributed by atoms with Crippen molar-refractivity contribution in [2.75, 3.05) is 6.61 Å². The normalized spacial score (nSPS) is 13.3. The Morgan fingerprint density at radius 1 is 1.19 bits per heavy atom. The van der Waals surface area contributed by atoms with Gasteiger partial charge in [0, 0.05) is 17.2 Å². The number of phosphoric ester groups is 1. The highest BCUT2D eigenvalue weighted by Crippen LogP contribution is 2.39.